The number of morpholine rings is 1. The predicted molar refractivity (Wildman–Crippen MR) is 117 cm³/mol. The molecule has 0 radical (unpaired) electrons. The van der Waals surface area contributed by atoms with Gasteiger partial charge in [-0.1, -0.05) is 36.4 Å². The zero-order valence-electron chi connectivity index (χ0n) is 17.0. The van der Waals surface area contributed by atoms with Crippen LogP contribution in [0.1, 0.15) is 21.6 Å². The van der Waals surface area contributed by atoms with E-state index in [-0.39, 0.29) is 17.1 Å². The summed E-state index contributed by atoms with van der Waals surface area (Å²) in [6.07, 6.45) is 0. The summed E-state index contributed by atoms with van der Waals surface area (Å²) in [5.74, 6) is -0.578. The van der Waals surface area contributed by atoms with E-state index >= 15 is 0 Å². The third-order valence-corrected chi connectivity index (χ3v) is 7.80. The number of ether oxygens (including phenoxy) is 2. The van der Waals surface area contributed by atoms with Crippen LogP contribution < -0.4 is 0 Å². The van der Waals surface area contributed by atoms with E-state index < -0.39 is 16.0 Å². The van der Waals surface area contributed by atoms with Crippen molar-refractivity contribution >= 4 is 27.3 Å². The molecule has 1 aliphatic heterocycles. The number of aryl methyl sites for hydroxylation is 1. The van der Waals surface area contributed by atoms with Crippen LogP contribution in [0.25, 0.3) is 10.6 Å². The van der Waals surface area contributed by atoms with Crippen molar-refractivity contribution in [3.05, 3.63) is 70.7 Å². The van der Waals surface area contributed by atoms with Gasteiger partial charge in [-0.15, -0.1) is 11.3 Å². The molecule has 31 heavy (non-hydrogen) atoms. The summed E-state index contributed by atoms with van der Waals surface area (Å²) in [6.45, 7) is 3.07. The number of nitrogens with zero attached hydrogens (tertiary/aromatic N) is 2. The third kappa shape index (κ3) is 4.85. The molecule has 4 rings (SSSR count). The van der Waals surface area contributed by atoms with Gasteiger partial charge in [-0.2, -0.15) is 4.31 Å². The van der Waals surface area contributed by atoms with E-state index in [0.29, 0.717) is 37.6 Å². The Morgan fingerprint density at radius 3 is 2.65 bits per heavy atom. The Labute approximate surface area is 185 Å². The summed E-state index contributed by atoms with van der Waals surface area (Å²) in [7, 11) is -3.69. The van der Waals surface area contributed by atoms with Crippen molar-refractivity contribution in [1.29, 1.82) is 0 Å². The zero-order chi connectivity index (χ0) is 21.8. The second-order valence-electron chi connectivity index (χ2n) is 7.08. The molecule has 3 aromatic rings. The Bertz CT molecular complexity index is 1170. The van der Waals surface area contributed by atoms with Gasteiger partial charge in [0.05, 0.1) is 29.4 Å². The fourth-order valence-electron chi connectivity index (χ4n) is 3.22. The second kappa shape index (κ2) is 9.27. The Balaban J connectivity index is 1.47. The highest BCUT2D eigenvalue weighted by Gasteiger charge is 2.27. The van der Waals surface area contributed by atoms with Crippen LogP contribution in [0.3, 0.4) is 0 Å². The highest BCUT2D eigenvalue weighted by Crippen LogP contribution is 2.25. The topological polar surface area (TPSA) is 85.8 Å². The first-order chi connectivity index (χ1) is 14.9. The average Bonchev–Trinajstić information content (AvgIpc) is 3.28. The summed E-state index contributed by atoms with van der Waals surface area (Å²) in [5.41, 5.74) is 2.52. The maximum atomic E-state index is 12.9. The predicted octanol–water partition coefficient (Wildman–Crippen LogP) is 3.50. The molecule has 0 saturated carbocycles. The molecular weight excluding hydrogens is 436 g/mol. The number of hydrogen-bond acceptors (Lipinski definition) is 7. The lowest BCUT2D eigenvalue weighted by Crippen LogP contribution is -2.40. The first kappa shape index (κ1) is 21.6. The largest absolute Gasteiger partial charge is 0.456 e. The van der Waals surface area contributed by atoms with Crippen molar-refractivity contribution in [1.82, 2.24) is 9.29 Å². The van der Waals surface area contributed by atoms with E-state index in [1.165, 1.54) is 27.8 Å². The van der Waals surface area contributed by atoms with E-state index in [0.717, 1.165) is 10.6 Å². The van der Waals surface area contributed by atoms with Crippen molar-refractivity contribution in [2.45, 2.75) is 18.4 Å². The third-order valence-electron chi connectivity index (χ3n) is 4.96. The standard InChI is InChI=1S/C22H22N2O5S2/c1-16-7-8-19(31(26,27)24-9-11-28-12-10-24)13-20(16)22(25)29-14-18-15-30-21(23-18)17-5-3-2-4-6-17/h2-8,13,15H,9-12,14H2,1H3. The molecule has 162 valence electrons. The molecule has 2 heterocycles. The number of aromatic nitrogens is 1. The molecule has 0 N–H and O–H groups in total. The number of carbonyl (C=O) groups excluding carboxylic acids is 1. The van der Waals surface area contributed by atoms with Gasteiger partial charge < -0.3 is 9.47 Å². The number of hydrogen-bond donors (Lipinski definition) is 0. The van der Waals surface area contributed by atoms with Crippen LogP contribution in [-0.4, -0.2) is 50.0 Å². The summed E-state index contributed by atoms with van der Waals surface area (Å²) < 4.78 is 37.8. The van der Waals surface area contributed by atoms with Crippen LogP contribution >= 0.6 is 11.3 Å². The summed E-state index contributed by atoms with van der Waals surface area (Å²) in [5, 5.41) is 2.70. The number of thiazole rings is 1. The highest BCUT2D eigenvalue weighted by molar-refractivity contribution is 7.89. The van der Waals surface area contributed by atoms with Crippen LogP contribution in [0.2, 0.25) is 0 Å². The lowest BCUT2D eigenvalue weighted by Gasteiger charge is -2.26. The van der Waals surface area contributed by atoms with Gasteiger partial charge >= 0.3 is 5.97 Å². The smallest absolute Gasteiger partial charge is 0.338 e. The molecule has 1 aliphatic rings. The van der Waals surface area contributed by atoms with Crippen LogP contribution in [-0.2, 0) is 26.1 Å². The molecule has 0 spiro atoms. The summed E-state index contributed by atoms with van der Waals surface area (Å²) in [4.78, 5) is 17.3. The number of carbonyl (C=O) groups is 1. The molecule has 2 aromatic carbocycles. The Kier molecular flexibility index (Phi) is 6.47. The molecule has 7 nitrogen and oxygen atoms in total. The minimum Gasteiger partial charge on any atom is -0.456 e. The van der Waals surface area contributed by atoms with Crippen molar-refractivity contribution in [2.24, 2.45) is 0 Å². The van der Waals surface area contributed by atoms with E-state index in [2.05, 4.69) is 4.98 Å². The number of sulfonamides is 1. The van der Waals surface area contributed by atoms with Crippen LogP contribution in [0.5, 0.6) is 0 Å². The molecule has 0 aliphatic carbocycles. The van der Waals surface area contributed by atoms with Gasteiger partial charge in [0, 0.05) is 24.0 Å². The Morgan fingerprint density at radius 2 is 1.90 bits per heavy atom. The van der Waals surface area contributed by atoms with E-state index in [9.17, 15) is 13.2 Å². The SMILES string of the molecule is Cc1ccc(S(=O)(=O)N2CCOCC2)cc1C(=O)OCc1csc(-c2ccccc2)n1. The van der Waals surface area contributed by atoms with Crippen LogP contribution in [0.15, 0.2) is 58.8 Å². The molecule has 0 bridgehead atoms. The molecule has 0 unspecified atom stereocenters. The number of benzene rings is 2. The zero-order valence-corrected chi connectivity index (χ0v) is 18.6. The molecular formula is C22H22N2O5S2. The number of rotatable bonds is 6. The highest BCUT2D eigenvalue weighted by atomic mass is 32.2. The molecule has 0 amide bonds. The molecule has 9 heteroatoms. The maximum absolute atomic E-state index is 12.9. The van der Waals surface area contributed by atoms with Crippen molar-refractivity contribution < 1.29 is 22.7 Å². The lowest BCUT2D eigenvalue weighted by molar-refractivity contribution is 0.0467. The summed E-state index contributed by atoms with van der Waals surface area (Å²) >= 11 is 1.48. The minimum absolute atomic E-state index is 0.0159. The van der Waals surface area contributed by atoms with Crippen molar-refractivity contribution in [3.8, 4) is 10.6 Å². The van der Waals surface area contributed by atoms with Crippen LogP contribution in [0, 0.1) is 6.92 Å². The average molecular weight is 459 g/mol. The van der Waals surface area contributed by atoms with Gasteiger partial charge in [-0.25, -0.2) is 18.2 Å². The normalized spacial score (nSPS) is 15.0. The lowest BCUT2D eigenvalue weighted by atomic mass is 10.1. The molecule has 0 atom stereocenters. The monoisotopic (exact) mass is 458 g/mol. The molecule has 1 aromatic heterocycles. The van der Waals surface area contributed by atoms with Gasteiger partial charge in [0.25, 0.3) is 0 Å². The Morgan fingerprint density at radius 1 is 1.16 bits per heavy atom. The van der Waals surface area contributed by atoms with E-state index in [1.54, 1.807) is 13.0 Å². The number of esters is 1. The van der Waals surface area contributed by atoms with E-state index in [4.69, 9.17) is 9.47 Å². The van der Waals surface area contributed by atoms with Gasteiger partial charge in [-0.3, -0.25) is 0 Å². The van der Waals surface area contributed by atoms with E-state index in [1.807, 2.05) is 35.7 Å². The fraction of sp³-hybridized carbons (Fsp3) is 0.273. The van der Waals surface area contributed by atoms with Crippen LogP contribution in [0.4, 0.5) is 0 Å². The first-order valence-electron chi connectivity index (χ1n) is 9.80. The molecule has 1 fully saturated rings. The van der Waals surface area contributed by atoms with Gasteiger partial charge in [0.1, 0.15) is 11.6 Å². The van der Waals surface area contributed by atoms with Crippen molar-refractivity contribution in [3.63, 3.8) is 0 Å². The van der Waals surface area contributed by atoms with Crippen molar-refractivity contribution in [2.75, 3.05) is 26.3 Å². The van der Waals surface area contributed by atoms with Gasteiger partial charge in [0.2, 0.25) is 10.0 Å². The fourth-order valence-corrected chi connectivity index (χ4v) is 5.47. The quantitative estimate of drug-likeness (QED) is 0.526. The first-order valence-corrected chi connectivity index (χ1v) is 12.1. The molecule has 1 saturated heterocycles. The van der Waals surface area contributed by atoms with Gasteiger partial charge in [0.15, 0.2) is 0 Å². The minimum atomic E-state index is -3.69. The van der Waals surface area contributed by atoms with Gasteiger partial charge in [-0.05, 0) is 24.6 Å². The second-order valence-corrected chi connectivity index (χ2v) is 9.88. The summed E-state index contributed by atoms with van der Waals surface area (Å²) in [6, 6.07) is 14.3. The Hall–Kier alpha value is -2.59. The maximum Gasteiger partial charge on any atom is 0.338 e.